The van der Waals surface area contributed by atoms with Gasteiger partial charge in [0.15, 0.2) is 0 Å². The second kappa shape index (κ2) is 6.85. The predicted molar refractivity (Wildman–Crippen MR) is 79.3 cm³/mol. The van der Waals surface area contributed by atoms with Crippen LogP contribution >= 0.6 is 34.8 Å². The van der Waals surface area contributed by atoms with Crippen molar-refractivity contribution in [1.82, 2.24) is 5.32 Å². The van der Waals surface area contributed by atoms with E-state index in [0.717, 1.165) is 13.0 Å². The zero-order valence-electron chi connectivity index (χ0n) is 10.8. The molecule has 1 N–H and O–H groups in total. The van der Waals surface area contributed by atoms with Crippen LogP contribution in [-0.4, -0.2) is 18.7 Å². The Kier molecular flexibility index (Phi) is 6.06. The largest absolute Gasteiger partial charge is 0.491 e. The minimum Gasteiger partial charge on any atom is -0.491 e. The summed E-state index contributed by atoms with van der Waals surface area (Å²) in [5.74, 6) is 0.558. The van der Waals surface area contributed by atoms with Crippen LogP contribution in [0.1, 0.15) is 27.2 Å². The third kappa shape index (κ3) is 4.85. The van der Waals surface area contributed by atoms with Crippen molar-refractivity contribution in [2.75, 3.05) is 13.2 Å². The van der Waals surface area contributed by atoms with Crippen LogP contribution in [0.3, 0.4) is 0 Å². The maximum absolute atomic E-state index is 6.01. The lowest BCUT2D eigenvalue weighted by Gasteiger charge is -2.24. The van der Waals surface area contributed by atoms with E-state index in [1.807, 2.05) is 0 Å². The first-order valence-electron chi connectivity index (χ1n) is 5.88. The molecular weight excluding hydrogens is 293 g/mol. The number of hydrogen-bond donors (Lipinski definition) is 1. The van der Waals surface area contributed by atoms with E-state index in [-0.39, 0.29) is 5.54 Å². The van der Waals surface area contributed by atoms with Gasteiger partial charge in [0.05, 0.1) is 15.1 Å². The standard InChI is InChI=1S/C13H18Cl3NO/c1-4-13(2,3)17-5-6-18-12-8-10(15)9(14)7-11(12)16/h7-8,17H,4-6H2,1-3H3. The van der Waals surface area contributed by atoms with E-state index < -0.39 is 0 Å². The first kappa shape index (κ1) is 15.9. The third-order valence-corrected chi connectivity index (χ3v) is 3.84. The highest BCUT2D eigenvalue weighted by Crippen LogP contribution is 2.33. The lowest BCUT2D eigenvalue weighted by Crippen LogP contribution is -2.40. The zero-order chi connectivity index (χ0) is 13.8. The van der Waals surface area contributed by atoms with E-state index in [4.69, 9.17) is 39.5 Å². The molecule has 18 heavy (non-hydrogen) atoms. The fourth-order valence-corrected chi connectivity index (χ4v) is 1.88. The van der Waals surface area contributed by atoms with Crippen molar-refractivity contribution in [1.29, 1.82) is 0 Å². The molecule has 1 aromatic rings. The van der Waals surface area contributed by atoms with Crippen LogP contribution in [0.4, 0.5) is 0 Å². The Labute approximate surface area is 124 Å². The Balaban J connectivity index is 2.47. The molecule has 102 valence electrons. The molecule has 0 aliphatic carbocycles. The Morgan fingerprint density at radius 1 is 1.11 bits per heavy atom. The molecule has 1 rings (SSSR count). The van der Waals surface area contributed by atoms with Crippen LogP contribution in [0.25, 0.3) is 0 Å². The van der Waals surface area contributed by atoms with Gasteiger partial charge in [0.1, 0.15) is 12.4 Å². The van der Waals surface area contributed by atoms with Gasteiger partial charge < -0.3 is 10.1 Å². The van der Waals surface area contributed by atoms with Gasteiger partial charge in [-0.05, 0) is 26.3 Å². The maximum Gasteiger partial charge on any atom is 0.139 e. The zero-order valence-corrected chi connectivity index (χ0v) is 13.1. The molecule has 0 amide bonds. The third-order valence-electron chi connectivity index (χ3n) is 2.82. The molecule has 0 unspecified atom stereocenters. The minimum absolute atomic E-state index is 0.116. The van der Waals surface area contributed by atoms with Crippen LogP contribution in [0.2, 0.25) is 15.1 Å². The van der Waals surface area contributed by atoms with E-state index in [1.54, 1.807) is 12.1 Å². The summed E-state index contributed by atoms with van der Waals surface area (Å²) >= 11 is 17.8. The number of halogens is 3. The van der Waals surface area contributed by atoms with Crippen molar-refractivity contribution < 1.29 is 4.74 Å². The van der Waals surface area contributed by atoms with Gasteiger partial charge in [0, 0.05) is 18.2 Å². The van der Waals surface area contributed by atoms with Gasteiger partial charge in [-0.15, -0.1) is 0 Å². The molecule has 0 aromatic heterocycles. The van der Waals surface area contributed by atoms with Gasteiger partial charge in [-0.1, -0.05) is 41.7 Å². The van der Waals surface area contributed by atoms with Crippen LogP contribution in [-0.2, 0) is 0 Å². The van der Waals surface area contributed by atoms with Gasteiger partial charge in [-0.25, -0.2) is 0 Å². The molecule has 0 atom stereocenters. The molecule has 5 heteroatoms. The topological polar surface area (TPSA) is 21.3 Å². The highest BCUT2D eigenvalue weighted by atomic mass is 35.5. The molecule has 2 nitrogen and oxygen atoms in total. The van der Waals surface area contributed by atoms with Crippen LogP contribution in [0.5, 0.6) is 5.75 Å². The van der Waals surface area contributed by atoms with Crippen molar-refractivity contribution in [3.63, 3.8) is 0 Å². The first-order valence-corrected chi connectivity index (χ1v) is 7.01. The van der Waals surface area contributed by atoms with Gasteiger partial charge in [0.2, 0.25) is 0 Å². The van der Waals surface area contributed by atoms with Crippen LogP contribution in [0.15, 0.2) is 12.1 Å². The molecule has 0 radical (unpaired) electrons. The highest BCUT2D eigenvalue weighted by Gasteiger charge is 2.13. The maximum atomic E-state index is 6.01. The summed E-state index contributed by atoms with van der Waals surface area (Å²) in [5.41, 5.74) is 0.116. The quantitative estimate of drug-likeness (QED) is 0.602. The Morgan fingerprint density at radius 3 is 2.33 bits per heavy atom. The second-order valence-electron chi connectivity index (χ2n) is 4.71. The van der Waals surface area contributed by atoms with Crippen LogP contribution < -0.4 is 10.1 Å². The number of ether oxygens (including phenoxy) is 1. The summed E-state index contributed by atoms with van der Waals surface area (Å²) in [5, 5.41) is 4.74. The number of nitrogens with one attached hydrogen (secondary N) is 1. The molecule has 0 aliphatic rings. The molecule has 0 fully saturated rings. The summed E-state index contributed by atoms with van der Waals surface area (Å²) in [6, 6.07) is 3.22. The van der Waals surface area contributed by atoms with Crippen molar-refractivity contribution in [2.24, 2.45) is 0 Å². The van der Waals surface area contributed by atoms with Gasteiger partial charge in [0.25, 0.3) is 0 Å². The average molecular weight is 311 g/mol. The fourth-order valence-electron chi connectivity index (χ4n) is 1.29. The van der Waals surface area contributed by atoms with Gasteiger partial charge >= 0.3 is 0 Å². The van der Waals surface area contributed by atoms with E-state index in [2.05, 4.69) is 26.1 Å². The van der Waals surface area contributed by atoms with E-state index in [9.17, 15) is 0 Å². The monoisotopic (exact) mass is 309 g/mol. The van der Waals surface area contributed by atoms with Crippen molar-refractivity contribution in [3.05, 3.63) is 27.2 Å². The minimum atomic E-state index is 0.116. The van der Waals surface area contributed by atoms with E-state index >= 15 is 0 Å². The van der Waals surface area contributed by atoms with Crippen molar-refractivity contribution in [2.45, 2.75) is 32.7 Å². The molecule has 0 spiro atoms. The number of benzene rings is 1. The fraction of sp³-hybridized carbons (Fsp3) is 0.538. The summed E-state index contributed by atoms with van der Waals surface area (Å²) in [4.78, 5) is 0. The molecule has 1 aromatic carbocycles. The molecule has 0 saturated heterocycles. The molecular formula is C13H18Cl3NO. The predicted octanol–water partition coefficient (Wildman–Crippen LogP) is 4.80. The first-order chi connectivity index (χ1) is 8.35. The number of rotatable bonds is 6. The summed E-state index contributed by atoms with van der Waals surface area (Å²) in [6.45, 7) is 7.72. The molecule has 0 bridgehead atoms. The summed E-state index contributed by atoms with van der Waals surface area (Å²) < 4.78 is 5.57. The Hall–Kier alpha value is -0.150. The van der Waals surface area contributed by atoms with Crippen molar-refractivity contribution >= 4 is 34.8 Å². The Bertz CT molecular complexity index is 407. The molecule has 0 aliphatic heterocycles. The SMILES string of the molecule is CCC(C)(C)NCCOc1cc(Cl)c(Cl)cc1Cl. The second-order valence-corrected chi connectivity index (χ2v) is 5.93. The lowest BCUT2D eigenvalue weighted by atomic mass is 10.0. The highest BCUT2D eigenvalue weighted by molar-refractivity contribution is 6.43. The van der Waals surface area contributed by atoms with Crippen molar-refractivity contribution in [3.8, 4) is 5.75 Å². The molecule has 0 heterocycles. The lowest BCUT2D eigenvalue weighted by molar-refractivity contribution is 0.281. The van der Waals surface area contributed by atoms with E-state index in [1.165, 1.54) is 0 Å². The summed E-state index contributed by atoms with van der Waals surface area (Å²) in [6.07, 6.45) is 1.06. The van der Waals surface area contributed by atoms with Crippen LogP contribution in [0, 0.1) is 0 Å². The summed E-state index contributed by atoms with van der Waals surface area (Å²) in [7, 11) is 0. The van der Waals surface area contributed by atoms with E-state index in [0.29, 0.717) is 27.4 Å². The molecule has 0 saturated carbocycles. The number of hydrogen-bond acceptors (Lipinski definition) is 2. The van der Waals surface area contributed by atoms with Gasteiger partial charge in [-0.2, -0.15) is 0 Å². The smallest absolute Gasteiger partial charge is 0.139 e. The normalized spacial score (nSPS) is 11.7. The van der Waals surface area contributed by atoms with Gasteiger partial charge in [-0.3, -0.25) is 0 Å². The Morgan fingerprint density at radius 2 is 1.72 bits per heavy atom. The average Bonchev–Trinajstić information content (AvgIpc) is 2.31.